The van der Waals surface area contributed by atoms with Gasteiger partial charge in [-0.25, -0.2) is 0 Å². The van der Waals surface area contributed by atoms with Gasteiger partial charge in [-0.1, -0.05) is 24.3 Å². The van der Waals surface area contributed by atoms with Gasteiger partial charge in [0.15, 0.2) is 5.11 Å². The molecule has 5 nitrogen and oxygen atoms in total. The minimum absolute atomic E-state index is 0.216. The minimum Gasteiger partial charge on any atom is -0.497 e. The Morgan fingerprint density at radius 2 is 1.86 bits per heavy atom. The first-order chi connectivity index (χ1) is 13.6. The predicted molar refractivity (Wildman–Crippen MR) is 118 cm³/mol. The number of nitrogens with zero attached hydrogens (tertiary/aromatic N) is 1. The number of rotatable bonds is 6. The van der Waals surface area contributed by atoms with E-state index in [-0.39, 0.29) is 6.04 Å². The van der Waals surface area contributed by atoms with Gasteiger partial charge in [0, 0.05) is 25.3 Å². The van der Waals surface area contributed by atoms with Crippen LogP contribution in [0.15, 0.2) is 42.5 Å². The fraction of sp³-hybridized carbons (Fsp3) is 0.409. The summed E-state index contributed by atoms with van der Waals surface area (Å²) in [7, 11) is 1.69. The van der Waals surface area contributed by atoms with Crippen molar-refractivity contribution in [3.63, 3.8) is 0 Å². The molecule has 1 heterocycles. The molecule has 3 rings (SSSR count). The van der Waals surface area contributed by atoms with Gasteiger partial charge >= 0.3 is 0 Å². The zero-order valence-electron chi connectivity index (χ0n) is 16.8. The molecular weight excluding hydrogens is 370 g/mol. The second-order valence-electron chi connectivity index (χ2n) is 7.09. The zero-order chi connectivity index (χ0) is 19.9. The number of methoxy groups -OCH3 is 1. The molecule has 2 aromatic rings. The molecule has 2 aromatic carbocycles. The molecule has 1 saturated heterocycles. The van der Waals surface area contributed by atoms with Crippen LogP contribution in [-0.2, 0) is 4.74 Å². The van der Waals surface area contributed by atoms with Gasteiger partial charge in [-0.15, -0.1) is 0 Å². The number of hydrogen-bond donors (Lipinski definition) is 2. The lowest BCUT2D eigenvalue weighted by atomic mass is 10.0. The summed E-state index contributed by atoms with van der Waals surface area (Å²) in [6.45, 7) is 8.24. The van der Waals surface area contributed by atoms with Crippen LogP contribution in [0, 0.1) is 13.8 Å². The van der Waals surface area contributed by atoms with E-state index in [0.29, 0.717) is 5.11 Å². The first kappa shape index (κ1) is 20.6. The van der Waals surface area contributed by atoms with Gasteiger partial charge in [0.05, 0.1) is 26.4 Å². The third-order valence-electron chi connectivity index (χ3n) is 5.08. The van der Waals surface area contributed by atoms with Crippen LogP contribution in [0.4, 0.5) is 5.69 Å². The maximum Gasteiger partial charge on any atom is 0.170 e. The summed E-state index contributed by atoms with van der Waals surface area (Å²) in [5.74, 6) is 0.865. The molecular formula is C22H29N3O2S. The Bertz CT molecular complexity index is 789. The lowest BCUT2D eigenvalue weighted by Crippen LogP contribution is -2.44. The van der Waals surface area contributed by atoms with E-state index in [4.69, 9.17) is 21.7 Å². The molecule has 1 atom stereocenters. The van der Waals surface area contributed by atoms with E-state index in [1.165, 1.54) is 16.7 Å². The largest absolute Gasteiger partial charge is 0.497 e. The molecule has 28 heavy (non-hydrogen) atoms. The monoisotopic (exact) mass is 399 g/mol. The highest BCUT2D eigenvalue weighted by Gasteiger charge is 2.23. The number of thiocarbonyl (C=S) groups is 1. The van der Waals surface area contributed by atoms with Crippen LogP contribution in [0.25, 0.3) is 0 Å². The molecule has 0 radical (unpaired) electrons. The number of nitrogens with one attached hydrogen (secondary N) is 2. The Morgan fingerprint density at radius 1 is 1.14 bits per heavy atom. The third-order valence-corrected chi connectivity index (χ3v) is 5.33. The first-order valence-electron chi connectivity index (χ1n) is 9.64. The fourth-order valence-electron chi connectivity index (χ4n) is 3.40. The maximum absolute atomic E-state index is 5.56. The lowest BCUT2D eigenvalue weighted by Gasteiger charge is -2.35. The van der Waals surface area contributed by atoms with E-state index in [9.17, 15) is 0 Å². The highest BCUT2D eigenvalue weighted by atomic mass is 32.1. The maximum atomic E-state index is 5.56. The summed E-state index contributed by atoms with van der Waals surface area (Å²) in [5.41, 5.74) is 4.67. The smallest absolute Gasteiger partial charge is 0.170 e. The molecule has 1 fully saturated rings. The second kappa shape index (κ2) is 9.87. The lowest BCUT2D eigenvalue weighted by molar-refractivity contribution is 0.0170. The van der Waals surface area contributed by atoms with Crippen molar-refractivity contribution in [2.24, 2.45) is 0 Å². The first-order valence-corrected chi connectivity index (χ1v) is 10.1. The second-order valence-corrected chi connectivity index (χ2v) is 7.50. The van der Waals surface area contributed by atoms with Gasteiger partial charge in [-0.05, 0) is 61.0 Å². The molecule has 1 aliphatic heterocycles. The number of hydrogen-bond acceptors (Lipinski definition) is 4. The van der Waals surface area contributed by atoms with Crippen molar-refractivity contribution in [2.75, 3.05) is 45.3 Å². The highest BCUT2D eigenvalue weighted by Crippen LogP contribution is 2.24. The quantitative estimate of drug-likeness (QED) is 0.723. The van der Waals surface area contributed by atoms with Crippen LogP contribution in [0.2, 0.25) is 0 Å². The molecule has 2 N–H and O–H groups in total. The molecule has 0 bridgehead atoms. The van der Waals surface area contributed by atoms with E-state index in [2.05, 4.69) is 59.7 Å². The van der Waals surface area contributed by atoms with E-state index >= 15 is 0 Å². The van der Waals surface area contributed by atoms with E-state index in [1.54, 1.807) is 7.11 Å². The van der Waals surface area contributed by atoms with Crippen molar-refractivity contribution in [1.82, 2.24) is 10.2 Å². The average molecular weight is 400 g/mol. The van der Waals surface area contributed by atoms with Crippen LogP contribution in [0.1, 0.15) is 22.7 Å². The molecule has 0 saturated carbocycles. The Hall–Kier alpha value is -2.15. The molecule has 0 aromatic heterocycles. The van der Waals surface area contributed by atoms with E-state index in [0.717, 1.165) is 44.3 Å². The number of aryl methyl sites for hydroxylation is 2. The Kier molecular flexibility index (Phi) is 7.25. The average Bonchev–Trinajstić information content (AvgIpc) is 2.72. The summed E-state index contributed by atoms with van der Waals surface area (Å²) in [4.78, 5) is 2.44. The third kappa shape index (κ3) is 5.44. The number of morpholine rings is 1. The summed E-state index contributed by atoms with van der Waals surface area (Å²) in [6.07, 6.45) is 0. The minimum atomic E-state index is 0.216. The van der Waals surface area contributed by atoms with Crippen molar-refractivity contribution >= 4 is 23.0 Å². The molecule has 0 aliphatic carbocycles. The molecule has 1 aliphatic rings. The van der Waals surface area contributed by atoms with Crippen LogP contribution < -0.4 is 15.4 Å². The van der Waals surface area contributed by atoms with Crippen LogP contribution in [0.3, 0.4) is 0 Å². The molecule has 6 heteroatoms. The summed E-state index contributed by atoms with van der Waals surface area (Å²) in [5, 5.41) is 7.38. The van der Waals surface area contributed by atoms with Gasteiger partial charge in [0.25, 0.3) is 0 Å². The van der Waals surface area contributed by atoms with Crippen LogP contribution in [0.5, 0.6) is 5.75 Å². The molecule has 0 amide bonds. The summed E-state index contributed by atoms with van der Waals surface area (Å²) >= 11 is 5.56. The fourth-order valence-corrected chi connectivity index (χ4v) is 3.59. The number of ether oxygens (including phenoxy) is 2. The number of anilines is 1. The van der Waals surface area contributed by atoms with Gasteiger partial charge in [0.2, 0.25) is 0 Å². The van der Waals surface area contributed by atoms with Gasteiger partial charge in [0.1, 0.15) is 5.75 Å². The van der Waals surface area contributed by atoms with Crippen LogP contribution in [-0.4, -0.2) is 50.0 Å². The number of benzene rings is 2. The molecule has 0 unspecified atom stereocenters. The standard InChI is InChI=1S/C22H29N3O2S/c1-16-4-5-17(2)20(14-16)24-22(28)23-15-21(25-10-12-27-13-11-25)18-6-8-19(26-3)9-7-18/h4-9,14,21H,10-13,15H2,1-3H3,(H2,23,24,28)/t21-/m1/s1. The van der Waals surface area contributed by atoms with Crippen molar-refractivity contribution in [2.45, 2.75) is 19.9 Å². The zero-order valence-corrected chi connectivity index (χ0v) is 17.6. The topological polar surface area (TPSA) is 45.8 Å². The summed E-state index contributed by atoms with van der Waals surface area (Å²) in [6, 6.07) is 14.8. The summed E-state index contributed by atoms with van der Waals surface area (Å²) < 4.78 is 10.8. The SMILES string of the molecule is COc1ccc([C@@H](CNC(=S)Nc2cc(C)ccc2C)N2CCOCC2)cc1. The van der Waals surface area contributed by atoms with Crippen molar-refractivity contribution in [3.05, 3.63) is 59.2 Å². The van der Waals surface area contributed by atoms with E-state index in [1.807, 2.05) is 12.1 Å². The Balaban J connectivity index is 1.68. The predicted octanol–water partition coefficient (Wildman–Crippen LogP) is 3.67. The van der Waals surface area contributed by atoms with Crippen LogP contribution >= 0.6 is 12.2 Å². The highest BCUT2D eigenvalue weighted by molar-refractivity contribution is 7.80. The Labute approximate surface area is 173 Å². The van der Waals surface area contributed by atoms with E-state index < -0.39 is 0 Å². The normalized spacial score (nSPS) is 15.7. The van der Waals surface area contributed by atoms with Crippen molar-refractivity contribution in [3.8, 4) is 5.75 Å². The van der Waals surface area contributed by atoms with Gasteiger partial charge in [-0.3, -0.25) is 4.90 Å². The molecule has 150 valence electrons. The van der Waals surface area contributed by atoms with Crippen molar-refractivity contribution < 1.29 is 9.47 Å². The molecule has 0 spiro atoms. The van der Waals surface area contributed by atoms with Gasteiger partial charge < -0.3 is 20.1 Å². The van der Waals surface area contributed by atoms with Gasteiger partial charge in [-0.2, -0.15) is 0 Å². The van der Waals surface area contributed by atoms with Crippen molar-refractivity contribution in [1.29, 1.82) is 0 Å². The Morgan fingerprint density at radius 3 is 2.54 bits per heavy atom.